The predicted molar refractivity (Wildman–Crippen MR) is 66.0 cm³/mol. The highest BCUT2D eigenvalue weighted by molar-refractivity contribution is 5.99. The number of Topliss-reactive ketones (excluding diaryl/α,β-unsaturated/α-hetero) is 1. The number of carbonyl (C=O) groups is 1. The molecule has 3 heteroatoms. The van der Waals surface area contributed by atoms with Gasteiger partial charge < -0.3 is 4.40 Å². The Hall–Kier alpha value is -1.64. The number of hydrogen-bond acceptors (Lipinski definition) is 2. The van der Waals surface area contributed by atoms with Gasteiger partial charge in [-0.05, 0) is 32.4 Å². The summed E-state index contributed by atoms with van der Waals surface area (Å²) in [5, 5.41) is 0. The number of imidazole rings is 1. The van der Waals surface area contributed by atoms with Crippen LogP contribution >= 0.6 is 0 Å². The Balaban J connectivity index is 0.000000606. The van der Waals surface area contributed by atoms with Gasteiger partial charge in [0, 0.05) is 12.4 Å². The van der Waals surface area contributed by atoms with Crippen molar-refractivity contribution in [2.24, 2.45) is 0 Å². The SMILES string of the molecule is CC.CC(=O)c1cc(C)cn2cc(C)nc12. The number of aromatic nitrogens is 2. The van der Waals surface area contributed by atoms with Crippen LogP contribution in [0.2, 0.25) is 0 Å². The minimum atomic E-state index is 0.0595. The van der Waals surface area contributed by atoms with Crippen molar-refractivity contribution < 1.29 is 4.79 Å². The number of ketones is 1. The van der Waals surface area contributed by atoms with Gasteiger partial charge in [-0.2, -0.15) is 0 Å². The number of fused-ring (bicyclic) bond motifs is 1. The van der Waals surface area contributed by atoms with E-state index < -0.39 is 0 Å². The molecule has 2 heterocycles. The summed E-state index contributed by atoms with van der Waals surface area (Å²) in [6, 6.07) is 1.88. The van der Waals surface area contributed by atoms with Crippen molar-refractivity contribution in [3.05, 3.63) is 35.3 Å². The summed E-state index contributed by atoms with van der Waals surface area (Å²) in [6.45, 7) is 9.46. The van der Waals surface area contributed by atoms with Crippen molar-refractivity contribution in [2.45, 2.75) is 34.6 Å². The molecule has 0 unspecified atom stereocenters. The van der Waals surface area contributed by atoms with E-state index in [1.54, 1.807) is 6.92 Å². The maximum Gasteiger partial charge on any atom is 0.163 e. The molecular weight excluding hydrogens is 200 g/mol. The molecule has 0 radical (unpaired) electrons. The molecule has 0 spiro atoms. The zero-order valence-corrected chi connectivity index (χ0v) is 10.5. The lowest BCUT2D eigenvalue weighted by atomic mass is 10.1. The molecule has 0 N–H and O–H groups in total. The summed E-state index contributed by atoms with van der Waals surface area (Å²) < 4.78 is 1.90. The molecule has 0 amide bonds. The fourth-order valence-electron chi connectivity index (χ4n) is 1.62. The lowest BCUT2D eigenvalue weighted by molar-refractivity contribution is 0.101. The summed E-state index contributed by atoms with van der Waals surface area (Å²) in [7, 11) is 0. The van der Waals surface area contributed by atoms with E-state index in [1.165, 1.54) is 0 Å². The van der Waals surface area contributed by atoms with Gasteiger partial charge in [-0.25, -0.2) is 4.98 Å². The van der Waals surface area contributed by atoms with Crippen LogP contribution in [0.5, 0.6) is 0 Å². The van der Waals surface area contributed by atoms with Crippen LogP contribution in [0.25, 0.3) is 5.65 Å². The van der Waals surface area contributed by atoms with Crippen molar-refractivity contribution in [2.75, 3.05) is 0 Å². The second-order valence-corrected chi connectivity index (χ2v) is 3.60. The molecule has 0 aromatic carbocycles. The molecule has 0 bridgehead atoms. The first-order chi connectivity index (χ1) is 7.58. The first-order valence-electron chi connectivity index (χ1n) is 5.55. The minimum absolute atomic E-state index is 0.0595. The number of nitrogens with zero attached hydrogens (tertiary/aromatic N) is 2. The average molecular weight is 218 g/mol. The summed E-state index contributed by atoms with van der Waals surface area (Å²) in [4.78, 5) is 15.7. The first-order valence-corrected chi connectivity index (χ1v) is 5.55. The molecule has 0 aliphatic carbocycles. The van der Waals surface area contributed by atoms with Gasteiger partial charge in [0.15, 0.2) is 5.78 Å². The van der Waals surface area contributed by atoms with Gasteiger partial charge in [0.2, 0.25) is 0 Å². The zero-order chi connectivity index (χ0) is 12.3. The lowest BCUT2D eigenvalue weighted by Crippen LogP contribution is -1.98. The Morgan fingerprint density at radius 1 is 1.25 bits per heavy atom. The standard InChI is InChI=1S/C11H12N2O.C2H6/c1-7-4-10(9(3)14)11-12-8(2)6-13(11)5-7;1-2/h4-6H,1-3H3;1-2H3. The second kappa shape index (κ2) is 4.92. The number of rotatable bonds is 1. The van der Waals surface area contributed by atoms with Crippen LogP contribution in [0.1, 0.15) is 42.4 Å². The van der Waals surface area contributed by atoms with Crippen LogP contribution in [-0.2, 0) is 0 Å². The van der Waals surface area contributed by atoms with E-state index in [0.29, 0.717) is 5.56 Å². The maximum absolute atomic E-state index is 11.4. The maximum atomic E-state index is 11.4. The van der Waals surface area contributed by atoms with Gasteiger partial charge in [0.05, 0.1) is 11.3 Å². The molecule has 0 aliphatic rings. The molecule has 2 rings (SSSR count). The minimum Gasteiger partial charge on any atom is -0.306 e. The smallest absolute Gasteiger partial charge is 0.163 e. The van der Waals surface area contributed by atoms with E-state index in [2.05, 4.69) is 4.98 Å². The van der Waals surface area contributed by atoms with Crippen LogP contribution in [0, 0.1) is 13.8 Å². The topological polar surface area (TPSA) is 34.4 Å². The monoisotopic (exact) mass is 218 g/mol. The number of pyridine rings is 1. The Bertz CT molecular complexity index is 512. The molecule has 3 nitrogen and oxygen atoms in total. The van der Waals surface area contributed by atoms with Gasteiger partial charge in [-0.3, -0.25) is 4.79 Å². The largest absolute Gasteiger partial charge is 0.306 e. The molecule has 0 aliphatic heterocycles. The van der Waals surface area contributed by atoms with Crippen molar-refractivity contribution in [1.82, 2.24) is 9.38 Å². The molecule has 2 aromatic heterocycles. The number of carbonyl (C=O) groups excluding carboxylic acids is 1. The Kier molecular flexibility index (Phi) is 3.82. The van der Waals surface area contributed by atoms with E-state index in [1.807, 2.05) is 50.6 Å². The van der Waals surface area contributed by atoms with Crippen LogP contribution in [0.4, 0.5) is 0 Å². The van der Waals surface area contributed by atoms with Crippen molar-refractivity contribution in [3.63, 3.8) is 0 Å². The normalized spacial score (nSPS) is 9.81. The molecule has 86 valence electrons. The van der Waals surface area contributed by atoms with E-state index in [0.717, 1.165) is 16.9 Å². The summed E-state index contributed by atoms with van der Waals surface area (Å²) >= 11 is 0. The molecule has 0 fully saturated rings. The fraction of sp³-hybridized carbons (Fsp3) is 0.385. The third-order valence-corrected chi connectivity index (χ3v) is 2.19. The summed E-state index contributed by atoms with van der Waals surface area (Å²) in [6.07, 6.45) is 3.90. The van der Waals surface area contributed by atoms with Gasteiger partial charge in [-0.1, -0.05) is 13.8 Å². The molecule has 2 aromatic rings. The third kappa shape index (κ3) is 2.30. The van der Waals surface area contributed by atoms with E-state index in [4.69, 9.17) is 0 Å². The Morgan fingerprint density at radius 3 is 2.44 bits per heavy atom. The average Bonchev–Trinajstić information content (AvgIpc) is 2.59. The quantitative estimate of drug-likeness (QED) is 0.689. The van der Waals surface area contributed by atoms with Crippen LogP contribution in [-0.4, -0.2) is 15.2 Å². The molecule has 0 saturated carbocycles. The van der Waals surface area contributed by atoms with E-state index >= 15 is 0 Å². The summed E-state index contributed by atoms with van der Waals surface area (Å²) in [5.41, 5.74) is 3.44. The molecular formula is C13H18N2O. The third-order valence-electron chi connectivity index (χ3n) is 2.19. The Labute approximate surface area is 96.1 Å². The molecule has 0 atom stereocenters. The van der Waals surface area contributed by atoms with E-state index in [-0.39, 0.29) is 5.78 Å². The van der Waals surface area contributed by atoms with Gasteiger partial charge in [0.25, 0.3) is 0 Å². The predicted octanol–water partition coefficient (Wildman–Crippen LogP) is 3.18. The van der Waals surface area contributed by atoms with Crippen LogP contribution < -0.4 is 0 Å². The van der Waals surface area contributed by atoms with Crippen LogP contribution in [0.3, 0.4) is 0 Å². The highest BCUT2D eigenvalue weighted by Gasteiger charge is 2.08. The first kappa shape index (κ1) is 12.4. The molecule has 16 heavy (non-hydrogen) atoms. The molecule has 0 saturated heterocycles. The van der Waals surface area contributed by atoms with Crippen LogP contribution in [0.15, 0.2) is 18.5 Å². The van der Waals surface area contributed by atoms with Gasteiger partial charge >= 0.3 is 0 Å². The zero-order valence-electron chi connectivity index (χ0n) is 10.5. The van der Waals surface area contributed by atoms with E-state index in [9.17, 15) is 4.79 Å². The highest BCUT2D eigenvalue weighted by atomic mass is 16.1. The number of aryl methyl sites for hydroxylation is 2. The highest BCUT2D eigenvalue weighted by Crippen LogP contribution is 2.13. The summed E-state index contributed by atoms with van der Waals surface area (Å²) in [5.74, 6) is 0.0595. The van der Waals surface area contributed by atoms with Gasteiger partial charge in [0.1, 0.15) is 5.65 Å². The van der Waals surface area contributed by atoms with Crippen molar-refractivity contribution in [1.29, 1.82) is 0 Å². The van der Waals surface area contributed by atoms with Gasteiger partial charge in [-0.15, -0.1) is 0 Å². The Morgan fingerprint density at radius 2 is 1.88 bits per heavy atom. The van der Waals surface area contributed by atoms with Crippen molar-refractivity contribution in [3.8, 4) is 0 Å². The number of hydrogen-bond donors (Lipinski definition) is 0. The van der Waals surface area contributed by atoms with Crippen molar-refractivity contribution >= 4 is 11.4 Å². The fourth-order valence-corrected chi connectivity index (χ4v) is 1.62. The second-order valence-electron chi connectivity index (χ2n) is 3.60. The lowest BCUT2D eigenvalue weighted by Gasteiger charge is -2.01.